The molecule has 1 unspecified atom stereocenters. The normalized spacial score (nSPS) is 12.3. The first-order valence-electron chi connectivity index (χ1n) is 4.80. The highest BCUT2D eigenvalue weighted by Gasteiger charge is 2.12. The van der Waals surface area contributed by atoms with Gasteiger partial charge in [0.05, 0.1) is 12.3 Å². The molecule has 0 aliphatic heterocycles. The monoisotopic (exact) mass is 221 g/mol. The van der Waals surface area contributed by atoms with Crippen molar-refractivity contribution in [2.45, 2.75) is 13.0 Å². The van der Waals surface area contributed by atoms with E-state index in [1.807, 2.05) is 13.0 Å². The second kappa shape index (κ2) is 4.14. The summed E-state index contributed by atoms with van der Waals surface area (Å²) in [4.78, 5) is 10.6. The number of carbonyl (C=O) groups is 1. The molecule has 2 aromatic rings. The Hall–Kier alpha value is -2.17. The highest BCUT2D eigenvalue weighted by molar-refractivity contribution is 5.84. The van der Waals surface area contributed by atoms with Crippen LogP contribution in [0.2, 0.25) is 0 Å². The summed E-state index contributed by atoms with van der Waals surface area (Å²) in [5.74, 6) is -0.0116. The molecule has 0 saturated heterocycles. The van der Waals surface area contributed by atoms with Gasteiger partial charge in [-0.2, -0.15) is 0 Å². The van der Waals surface area contributed by atoms with Crippen LogP contribution in [0.5, 0.6) is 0 Å². The van der Waals surface area contributed by atoms with E-state index in [1.165, 1.54) is 6.07 Å². The molecule has 0 radical (unpaired) electrons. The van der Waals surface area contributed by atoms with Crippen molar-refractivity contribution in [3.63, 3.8) is 0 Å². The highest BCUT2D eigenvalue weighted by atomic mass is 16.4. The maximum absolute atomic E-state index is 10.6. The molecule has 0 saturated carbocycles. The molecule has 0 spiro atoms. The lowest BCUT2D eigenvalue weighted by Crippen LogP contribution is -2.04. The summed E-state index contributed by atoms with van der Waals surface area (Å²) in [5, 5.41) is 11.7. The maximum Gasteiger partial charge on any atom is 0.371 e. The molecule has 0 aromatic carbocycles. The van der Waals surface area contributed by atoms with Gasteiger partial charge in [0.15, 0.2) is 5.88 Å². The molecule has 2 aromatic heterocycles. The van der Waals surface area contributed by atoms with Gasteiger partial charge in [0.25, 0.3) is 0 Å². The average Bonchev–Trinajstić information content (AvgIpc) is 2.87. The lowest BCUT2D eigenvalue weighted by molar-refractivity contribution is 0.0663. The van der Waals surface area contributed by atoms with E-state index in [0.717, 1.165) is 5.76 Å². The van der Waals surface area contributed by atoms with Gasteiger partial charge in [-0.25, -0.2) is 4.79 Å². The van der Waals surface area contributed by atoms with Crippen LogP contribution >= 0.6 is 0 Å². The van der Waals surface area contributed by atoms with Crippen molar-refractivity contribution < 1.29 is 18.7 Å². The van der Waals surface area contributed by atoms with Gasteiger partial charge in [0, 0.05) is 6.07 Å². The Kier molecular flexibility index (Phi) is 2.68. The van der Waals surface area contributed by atoms with Gasteiger partial charge >= 0.3 is 5.97 Å². The fourth-order valence-electron chi connectivity index (χ4n) is 1.35. The zero-order valence-corrected chi connectivity index (χ0v) is 8.64. The second-order valence-corrected chi connectivity index (χ2v) is 3.35. The fraction of sp³-hybridized carbons (Fsp3) is 0.182. The van der Waals surface area contributed by atoms with Crippen molar-refractivity contribution in [2.24, 2.45) is 0 Å². The van der Waals surface area contributed by atoms with E-state index in [-0.39, 0.29) is 11.8 Å². The zero-order chi connectivity index (χ0) is 11.5. The third-order valence-corrected chi connectivity index (χ3v) is 2.15. The summed E-state index contributed by atoms with van der Waals surface area (Å²) < 4.78 is 10.3. The summed E-state index contributed by atoms with van der Waals surface area (Å²) in [6.45, 7) is 1.89. The Balaban J connectivity index is 2.06. The van der Waals surface area contributed by atoms with Gasteiger partial charge in [0.1, 0.15) is 5.76 Å². The minimum absolute atomic E-state index is 0.0807. The number of nitrogens with one attached hydrogen (secondary N) is 1. The van der Waals surface area contributed by atoms with Crippen molar-refractivity contribution in [2.75, 3.05) is 5.32 Å². The molecule has 0 amide bonds. The van der Waals surface area contributed by atoms with Gasteiger partial charge in [-0.15, -0.1) is 0 Å². The van der Waals surface area contributed by atoms with Crippen LogP contribution in [0.3, 0.4) is 0 Å². The van der Waals surface area contributed by atoms with Gasteiger partial charge in [-0.3, -0.25) is 0 Å². The smallest absolute Gasteiger partial charge is 0.371 e. The molecule has 1 atom stereocenters. The summed E-state index contributed by atoms with van der Waals surface area (Å²) >= 11 is 0. The summed E-state index contributed by atoms with van der Waals surface area (Å²) in [7, 11) is 0. The van der Waals surface area contributed by atoms with E-state index < -0.39 is 5.97 Å². The van der Waals surface area contributed by atoms with Crippen LogP contribution in [0.4, 0.5) is 5.88 Å². The predicted octanol–water partition coefficient (Wildman–Crippen LogP) is 2.74. The summed E-state index contributed by atoms with van der Waals surface area (Å²) in [5.41, 5.74) is 0. The number of anilines is 1. The van der Waals surface area contributed by atoms with Crippen LogP contribution in [0.25, 0.3) is 0 Å². The third kappa shape index (κ3) is 2.08. The average molecular weight is 221 g/mol. The van der Waals surface area contributed by atoms with Crippen LogP contribution in [0.1, 0.15) is 29.3 Å². The van der Waals surface area contributed by atoms with Gasteiger partial charge in [-0.1, -0.05) is 0 Å². The van der Waals surface area contributed by atoms with Gasteiger partial charge in [0.2, 0.25) is 5.76 Å². The zero-order valence-electron chi connectivity index (χ0n) is 8.64. The summed E-state index contributed by atoms with van der Waals surface area (Å²) in [6, 6.07) is 6.52. The number of aromatic carboxylic acids is 1. The highest BCUT2D eigenvalue weighted by Crippen LogP contribution is 2.21. The molecule has 84 valence electrons. The van der Waals surface area contributed by atoms with Crippen molar-refractivity contribution in [3.05, 3.63) is 42.0 Å². The molecule has 2 N–H and O–H groups in total. The molecule has 2 heterocycles. The molecule has 16 heavy (non-hydrogen) atoms. The van der Waals surface area contributed by atoms with E-state index in [2.05, 4.69) is 5.32 Å². The fourth-order valence-corrected chi connectivity index (χ4v) is 1.35. The topological polar surface area (TPSA) is 75.6 Å². The molecule has 0 aliphatic carbocycles. The molecule has 5 nitrogen and oxygen atoms in total. The third-order valence-electron chi connectivity index (χ3n) is 2.15. The van der Waals surface area contributed by atoms with Crippen molar-refractivity contribution in [1.82, 2.24) is 0 Å². The Labute approximate surface area is 91.7 Å². The Morgan fingerprint density at radius 2 is 2.25 bits per heavy atom. The number of hydrogen-bond acceptors (Lipinski definition) is 4. The van der Waals surface area contributed by atoms with Gasteiger partial charge < -0.3 is 19.3 Å². The predicted molar refractivity (Wildman–Crippen MR) is 56.4 cm³/mol. The number of carboxylic acid groups (broad SMARTS) is 1. The maximum atomic E-state index is 10.6. The first-order chi connectivity index (χ1) is 7.66. The number of rotatable bonds is 4. The largest absolute Gasteiger partial charge is 0.475 e. The molecule has 5 heteroatoms. The SMILES string of the molecule is CC(Nc1ccc(C(=O)O)o1)c1ccco1. The van der Waals surface area contributed by atoms with E-state index in [1.54, 1.807) is 18.4 Å². The molecule has 0 aliphatic rings. The summed E-state index contributed by atoms with van der Waals surface area (Å²) in [6.07, 6.45) is 1.58. The molecule has 2 rings (SSSR count). The molecular formula is C11H11NO4. The lowest BCUT2D eigenvalue weighted by atomic mass is 10.2. The van der Waals surface area contributed by atoms with Crippen LogP contribution in [-0.2, 0) is 0 Å². The number of carboxylic acids is 1. The van der Waals surface area contributed by atoms with Crippen molar-refractivity contribution in [3.8, 4) is 0 Å². The minimum Gasteiger partial charge on any atom is -0.475 e. The second-order valence-electron chi connectivity index (χ2n) is 3.35. The van der Waals surface area contributed by atoms with Crippen LogP contribution in [-0.4, -0.2) is 11.1 Å². The van der Waals surface area contributed by atoms with E-state index in [9.17, 15) is 4.79 Å². The van der Waals surface area contributed by atoms with E-state index in [0.29, 0.717) is 5.88 Å². The number of hydrogen-bond donors (Lipinski definition) is 2. The first kappa shape index (κ1) is 10.4. The quantitative estimate of drug-likeness (QED) is 0.830. The molecular weight excluding hydrogens is 210 g/mol. The number of furan rings is 2. The molecule has 0 fully saturated rings. The van der Waals surface area contributed by atoms with E-state index >= 15 is 0 Å². The van der Waals surface area contributed by atoms with Crippen LogP contribution in [0.15, 0.2) is 39.4 Å². The standard InChI is InChI=1S/C11H11NO4/c1-7(8-3-2-6-15-8)12-10-5-4-9(16-10)11(13)14/h2-7,12H,1H3,(H,13,14). The van der Waals surface area contributed by atoms with Crippen molar-refractivity contribution >= 4 is 11.9 Å². The first-order valence-corrected chi connectivity index (χ1v) is 4.80. The minimum atomic E-state index is -1.08. The van der Waals surface area contributed by atoms with Crippen LogP contribution in [0, 0.1) is 0 Å². The van der Waals surface area contributed by atoms with Crippen molar-refractivity contribution in [1.29, 1.82) is 0 Å². The Morgan fingerprint density at radius 1 is 1.44 bits per heavy atom. The Morgan fingerprint density at radius 3 is 2.81 bits per heavy atom. The lowest BCUT2D eigenvalue weighted by Gasteiger charge is -2.09. The Bertz CT molecular complexity index is 472. The van der Waals surface area contributed by atoms with Crippen LogP contribution < -0.4 is 5.32 Å². The van der Waals surface area contributed by atoms with Gasteiger partial charge in [-0.05, 0) is 25.1 Å². The van der Waals surface area contributed by atoms with E-state index in [4.69, 9.17) is 13.9 Å². The molecule has 0 bridgehead atoms.